The van der Waals surface area contributed by atoms with Crippen LogP contribution in [-0.2, 0) is 12.8 Å². The highest BCUT2D eigenvalue weighted by Gasteiger charge is 2.27. The number of aryl methyl sites for hydroxylation is 1. The summed E-state index contributed by atoms with van der Waals surface area (Å²) in [6.45, 7) is 1.65. The van der Waals surface area contributed by atoms with Gasteiger partial charge < -0.3 is 15.2 Å². The number of anilines is 2. The standard InChI is InChI=1S/C20H21N7O/c28-18-10-17(22-12-23-18)27-9-6-14(11-27)24-20-15-2-1-3-16(15)25-19(26-20)13-4-7-21-8-5-13/h4-5,7-8,10,12,14H,1-3,6,9,11H2,(H,22,23,28)(H,24,25,26). The number of rotatable bonds is 4. The van der Waals surface area contributed by atoms with Gasteiger partial charge in [0.15, 0.2) is 5.82 Å². The van der Waals surface area contributed by atoms with E-state index in [1.54, 1.807) is 18.5 Å². The third-order valence-electron chi connectivity index (χ3n) is 5.39. The zero-order valence-corrected chi connectivity index (χ0v) is 15.4. The van der Waals surface area contributed by atoms with Crippen molar-refractivity contribution in [2.75, 3.05) is 23.3 Å². The Bertz CT molecular complexity index is 1050. The third-order valence-corrected chi connectivity index (χ3v) is 5.39. The van der Waals surface area contributed by atoms with Crippen LogP contribution in [0.15, 0.2) is 41.7 Å². The average Bonchev–Trinajstić information content (AvgIpc) is 3.38. The van der Waals surface area contributed by atoms with Crippen molar-refractivity contribution in [3.63, 3.8) is 0 Å². The number of aromatic nitrogens is 5. The van der Waals surface area contributed by atoms with E-state index < -0.39 is 0 Å². The van der Waals surface area contributed by atoms with Crippen LogP contribution in [0.4, 0.5) is 11.6 Å². The highest BCUT2D eigenvalue weighted by Crippen LogP contribution is 2.30. The Balaban J connectivity index is 1.40. The van der Waals surface area contributed by atoms with Crippen molar-refractivity contribution in [2.24, 2.45) is 0 Å². The zero-order chi connectivity index (χ0) is 18.9. The van der Waals surface area contributed by atoms with Gasteiger partial charge in [-0.25, -0.2) is 15.0 Å². The van der Waals surface area contributed by atoms with E-state index >= 15 is 0 Å². The van der Waals surface area contributed by atoms with E-state index in [-0.39, 0.29) is 11.6 Å². The van der Waals surface area contributed by atoms with Gasteiger partial charge in [-0.05, 0) is 37.8 Å². The summed E-state index contributed by atoms with van der Waals surface area (Å²) in [6.07, 6.45) is 9.09. The van der Waals surface area contributed by atoms with E-state index in [9.17, 15) is 4.79 Å². The molecule has 0 amide bonds. The second kappa shape index (κ2) is 7.03. The summed E-state index contributed by atoms with van der Waals surface area (Å²) in [5.74, 6) is 2.41. The van der Waals surface area contributed by atoms with E-state index in [1.807, 2.05) is 12.1 Å². The number of nitrogens with zero attached hydrogens (tertiary/aromatic N) is 5. The molecule has 2 aliphatic rings. The predicted octanol–water partition coefficient (Wildman–Crippen LogP) is 1.80. The van der Waals surface area contributed by atoms with Crippen molar-refractivity contribution < 1.29 is 0 Å². The van der Waals surface area contributed by atoms with Gasteiger partial charge in [-0.1, -0.05) is 0 Å². The molecule has 142 valence electrons. The molecular weight excluding hydrogens is 354 g/mol. The van der Waals surface area contributed by atoms with Crippen LogP contribution in [0.2, 0.25) is 0 Å². The number of fused-ring (bicyclic) bond motifs is 1. The molecule has 0 spiro atoms. The largest absolute Gasteiger partial charge is 0.365 e. The highest BCUT2D eigenvalue weighted by molar-refractivity contribution is 5.60. The molecule has 2 N–H and O–H groups in total. The Hall–Kier alpha value is -3.29. The Kier molecular flexibility index (Phi) is 4.23. The molecule has 8 nitrogen and oxygen atoms in total. The fourth-order valence-electron chi connectivity index (χ4n) is 3.99. The Morgan fingerprint density at radius 3 is 2.93 bits per heavy atom. The number of nitrogens with one attached hydrogen (secondary N) is 2. The molecule has 0 radical (unpaired) electrons. The number of pyridine rings is 1. The maximum absolute atomic E-state index is 11.6. The van der Waals surface area contributed by atoms with Gasteiger partial charge in [-0.2, -0.15) is 0 Å². The van der Waals surface area contributed by atoms with Crippen LogP contribution in [0, 0.1) is 0 Å². The summed E-state index contributed by atoms with van der Waals surface area (Å²) >= 11 is 0. The minimum Gasteiger partial charge on any atom is -0.365 e. The highest BCUT2D eigenvalue weighted by atomic mass is 16.1. The number of H-pyrrole nitrogens is 1. The summed E-state index contributed by atoms with van der Waals surface area (Å²) < 4.78 is 0. The van der Waals surface area contributed by atoms with Gasteiger partial charge in [0.05, 0.1) is 6.33 Å². The predicted molar refractivity (Wildman–Crippen MR) is 106 cm³/mol. The smallest absolute Gasteiger partial charge is 0.252 e. The molecular formula is C20H21N7O. The van der Waals surface area contributed by atoms with Crippen LogP contribution >= 0.6 is 0 Å². The van der Waals surface area contributed by atoms with Gasteiger partial charge in [0, 0.05) is 54.4 Å². The molecule has 4 heterocycles. The Morgan fingerprint density at radius 2 is 2.07 bits per heavy atom. The molecule has 28 heavy (non-hydrogen) atoms. The summed E-state index contributed by atoms with van der Waals surface area (Å²) in [7, 11) is 0. The summed E-state index contributed by atoms with van der Waals surface area (Å²) in [5.41, 5.74) is 3.24. The lowest BCUT2D eigenvalue weighted by Gasteiger charge is -2.19. The maximum Gasteiger partial charge on any atom is 0.252 e. The molecule has 3 aromatic heterocycles. The minimum absolute atomic E-state index is 0.128. The number of aromatic amines is 1. The average molecular weight is 375 g/mol. The lowest BCUT2D eigenvalue weighted by Crippen LogP contribution is -2.28. The van der Waals surface area contributed by atoms with Crippen LogP contribution in [0.1, 0.15) is 24.1 Å². The molecule has 1 saturated heterocycles. The van der Waals surface area contributed by atoms with Crippen molar-refractivity contribution >= 4 is 11.6 Å². The molecule has 0 bridgehead atoms. The lowest BCUT2D eigenvalue weighted by atomic mass is 10.2. The number of hydrogen-bond donors (Lipinski definition) is 2. The number of hydrogen-bond acceptors (Lipinski definition) is 7. The Labute approximate surface area is 162 Å². The fraction of sp³-hybridized carbons (Fsp3) is 0.350. The molecule has 1 unspecified atom stereocenters. The van der Waals surface area contributed by atoms with Gasteiger partial charge >= 0.3 is 0 Å². The molecule has 3 aromatic rings. The van der Waals surface area contributed by atoms with Crippen LogP contribution in [0.25, 0.3) is 11.4 Å². The van der Waals surface area contributed by atoms with Gasteiger partial charge in [-0.3, -0.25) is 9.78 Å². The van der Waals surface area contributed by atoms with E-state index in [0.29, 0.717) is 0 Å². The Morgan fingerprint density at radius 1 is 1.18 bits per heavy atom. The van der Waals surface area contributed by atoms with Gasteiger partial charge in [0.25, 0.3) is 5.56 Å². The first-order valence-electron chi connectivity index (χ1n) is 9.63. The monoisotopic (exact) mass is 375 g/mol. The second-order valence-electron chi connectivity index (χ2n) is 7.26. The zero-order valence-electron chi connectivity index (χ0n) is 15.4. The van der Waals surface area contributed by atoms with Gasteiger partial charge in [0.2, 0.25) is 0 Å². The molecule has 1 atom stereocenters. The van der Waals surface area contributed by atoms with E-state index in [1.165, 1.54) is 11.9 Å². The van der Waals surface area contributed by atoms with Crippen molar-refractivity contribution in [3.8, 4) is 11.4 Å². The van der Waals surface area contributed by atoms with Gasteiger partial charge in [0.1, 0.15) is 11.6 Å². The normalized spacial score (nSPS) is 18.3. The van der Waals surface area contributed by atoms with Crippen LogP contribution in [0.3, 0.4) is 0 Å². The first-order chi connectivity index (χ1) is 13.8. The first kappa shape index (κ1) is 16.9. The molecule has 8 heteroatoms. The molecule has 5 rings (SSSR count). The first-order valence-corrected chi connectivity index (χ1v) is 9.63. The lowest BCUT2D eigenvalue weighted by molar-refractivity contribution is 0.794. The van der Waals surface area contributed by atoms with E-state index in [2.05, 4.69) is 25.2 Å². The fourth-order valence-corrected chi connectivity index (χ4v) is 3.99. The molecule has 1 aliphatic carbocycles. The maximum atomic E-state index is 11.6. The summed E-state index contributed by atoms with van der Waals surface area (Å²) in [5, 5.41) is 3.64. The minimum atomic E-state index is -0.128. The topological polar surface area (TPSA) is 99.7 Å². The van der Waals surface area contributed by atoms with Gasteiger partial charge in [-0.15, -0.1) is 0 Å². The molecule has 1 fully saturated rings. The van der Waals surface area contributed by atoms with Crippen LogP contribution in [-0.4, -0.2) is 44.1 Å². The van der Waals surface area contributed by atoms with Crippen molar-refractivity contribution in [1.82, 2.24) is 24.9 Å². The quantitative estimate of drug-likeness (QED) is 0.717. The van der Waals surface area contributed by atoms with Crippen molar-refractivity contribution in [2.45, 2.75) is 31.7 Å². The van der Waals surface area contributed by atoms with Crippen molar-refractivity contribution in [3.05, 3.63) is 58.5 Å². The summed E-state index contributed by atoms with van der Waals surface area (Å²) in [4.78, 5) is 34.3. The van der Waals surface area contributed by atoms with Crippen LogP contribution < -0.4 is 15.8 Å². The van der Waals surface area contributed by atoms with E-state index in [4.69, 9.17) is 9.97 Å². The molecule has 0 aromatic carbocycles. The third kappa shape index (κ3) is 3.21. The summed E-state index contributed by atoms with van der Waals surface area (Å²) in [6, 6.07) is 5.69. The van der Waals surface area contributed by atoms with Crippen LogP contribution in [0.5, 0.6) is 0 Å². The van der Waals surface area contributed by atoms with Crippen molar-refractivity contribution in [1.29, 1.82) is 0 Å². The molecule has 1 aliphatic heterocycles. The second-order valence-corrected chi connectivity index (χ2v) is 7.26. The van der Waals surface area contributed by atoms with E-state index in [0.717, 1.165) is 67.5 Å². The SMILES string of the molecule is O=c1cc(N2CCC(Nc3nc(-c4ccncc4)nc4c3CCC4)C2)nc[nH]1. The molecule has 0 saturated carbocycles.